The van der Waals surface area contributed by atoms with Crippen molar-refractivity contribution in [3.63, 3.8) is 0 Å². The zero-order valence-electron chi connectivity index (χ0n) is 12.4. The number of benzene rings is 1. The quantitative estimate of drug-likeness (QED) is 0.853. The summed E-state index contributed by atoms with van der Waals surface area (Å²) < 4.78 is 0. The van der Waals surface area contributed by atoms with Gasteiger partial charge < -0.3 is 5.73 Å². The van der Waals surface area contributed by atoms with Gasteiger partial charge in [-0.3, -0.25) is 0 Å². The maximum Gasteiger partial charge on any atom is 0.0196 e. The molecule has 0 heterocycles. The molecule has 2 fully saturated rings. The second-order valence-corrected chi connectivity index (χ2v) is 7.70. The fourth-order valence-electron chi connectivity index (χ4n) is 3.77. The van der Waals surface area contributed by atoms with Crippen LogP contribution in [-0.2, 0) is 6.42 Å². The molecule has 0 amide bonds. The predicted molar refractivity (Wildman–Crippen MR) is 81.3 cm³/mol. The van der Waals surface area contributed by atoms with E-state index in [9.17, 15) is 0 Å². The Hall–Kier alpha value is -0.820. The smallest absolute Gasteiger partial charge is 0.0196 e. The van der Waals surface area contributed by atoms with Crippen molar-refractivity contribution in [2.75, 3.05) is 0 Å². The average Bonchev–Trinajstić information content (AvgIpc) is 3.06. The molecule has 1 atom stereocenters. The molecule has 19 heavy (non-hydrogen) atoms. The van der Waals surface area contributed by atoms with Gasteiger partial charge in [0.1, 0.15) is 0 Å². The third kappa shape index (κ3) is 3.02. The molecule has 2 aliphatic rings. The topological polar surface area (TPSA) is 26.0 Å². The van der Waals surface area contributed by atoms with Crippen LogP contribution in [0, 0.1) is 5.41 Å². The van der Waals surface area contributed by atoms with E-state index in [0.717, 1.165) is 12.3 Å². The van der Waals surface area contributed by atoms with Crippen LogP contribution < -0.4 is 5.73 Å². The van der Waals surface area contributed by atoms with Crippen molar-refractivity contribution in [1.29, 1.82) is 0 Å². The Morgan fingerprint density at radius 2 is 1.89 bits per heavy atom. The van der Waals surface area contributed by atoms with Gasteiger partial charge in [-0.15, -0.1) is 0 Å². The molecule has 1 heteroatoms. The first kappa shape index (κ1) is 13.2. The summed E-state index contributed by atoms with van der Waals surface area (Å²) in [6.45, 7) is 4.85. The molecule has 0 spiro atoms. The summed E-state index contributed by atoms with van der Waals surface area (Å²) in [6.07, 6.45) is 8.95. The molecule has 2 aliphatic carbocycles. The molecular formula is C18H27N. The fourth-order valence-corrected chi connectivity index (χ4v) is 3.77. The minimum atomic E-state index is 0.125. The lowest BCUT2D eigenvalue weighted by molar-refractivity contribution is 0.219. The summed E-state index contributed by atoms with van der Waals surface area (Å²) in [5, 5.41) is 0. The highest BCUT2D eigenvalue weighted by molar-refractivity contribution is 5.33. The van der Waals surface area contributed by atoms with Crippen molar-refractivity contribution in [2.24, 2.45) is 11.1 Å². The van der Waals surface area contributed by atoms with Crippen molar-refractivity contribution >= 4 is 0 Å². The average molecular weight is 257 g/mol. The molecule has 0 bridgehead atoms. The van der Waals surface area contributed by atoms with E-state index in [-0.39, 0.29) is 5.54 Å². The third-order valence-corrected chi connectivity index (χ3v) is 5.13. The summed E-state index contributed by atoms with van der Waals surface area (Å²) in [4.78, 5) is 0. The van der Waals surface area contributed by atoms with Gasteiger partial charge in [0.2, 0.25) is 0 Å². The van der Waals surface area contributed by atoms with E-state index in [0.29, 0.717) is 5.41 Å². The lowest BCUT2D eigenvalue weighted by atomic mass is 9.69. The first-order valence-electron chi connectivity index (χ1n) is 7.84. The first-order valence-corrected chi connectivity index (χ1v) is 7.84. The van der Waals surface area contributed by atoms with Crippen molar-refractivity contribution in [1.82, 2.24) is 0 Å². The SMILES string of the molecule is CC1(C)CCCC(c2ccccc2CC2(N)CC2)C1. The summed E-state index contributed by atoms with van der Waals surface area (Å²) in [5.74, 6) is 0.752. The van der Waals surface area contributed by atoms with Crippen LogP contribution in [0.1, 0.15) is 69.4 Å². The first-order chi connectivity index (χ1) is 8.98. The van der Waals surface area contributed by atoms with E-state index in [1.165, 1.54) is 44.1 Å². The van der Waals surface area contributed by atoms with Gasteiger partial charge in [-0.05, 0) is 61.0 Å². The van der Waals surface area contributed by atoms with Crippen LogP contribution in [0.4, 0.5) is 0 Å². The Balaban J connectivity index is 1.83. The molecule has 0 aliphatic heterocycles. The highest BCUT2D eigenvalue weighted by Gasteiger charge is 2.39. The van der Waals surface area contributed by atoms with Gasteiger partial charge in [-0.2, -0.15) is 0 Å². The fraction of sp³-hybridized carbons (Fsp3) is 0.667. The number of nitrogens with two attached hydrogens (primary N) is 1. The highest BCUT2D eigenvalue weighted by Crippen LogP contribution is 2.45. The summed E-state index contributed by atoms with van der Waals surface area (Å²) >= 11 is 0. The van der Waals surface area contributed by atoms with Crippen LogP contribution >= 0.6 is 0 Å². The Bertz CT molecular complexity index is 457. The molecule has 1 aromatic rings. The normalized spacial score (nSPS) is 28.1. The van der Waals surface area contributed by atoms with E-state index in [1.54, 1.807) is 5.56 Å². The lowest BCUT2D eigenvalue weighted by Gasteiger charge is -2.36. The van der Waals surface area contributed by atoms with Crippen LogP contribution in [0.15, 0.2) is 24.3 Å². The Labute approximate surface area is 117 Å². The van der Waals surface area contributed by atoms with E-state index in [4.69, 9.17) is 5.73 Å². The summed E-state index contributed by atoms with van der Waals surface area (Å²) in [6, 6.07) is 9.05. The molecule has 1 nitrogen and oxygen atoms in total. The van der Waals surface area contributed by atoms with Gasteiger partial charge in [0.15, 0.2) is 0 Å². The Kier molecular flexibility index (Phi) is 3.21. The van der Waals surface area contributed by atoms with Gasteiger partial charge in [0.05, 0.1) is 0 Å². The molecule has 2 N–H and O–H groups in total. The molecule has 3 rings (SSSR count). The minimum Gasteiger partial charge on any atom is -0.325 e. The van der Waals surface area contributed by atoms with Crippen LogP contribution in [0.3, 0.4) is 0 Å². The third-order valence-electron chi connectivity index (χ3n) is 5.13. The second kappa shape index (κ2) is 4.63. The van der Waals surface area contributed by atoms with Crippen molar-refractivity contribution in [2.45, 2.75) is 70.3 Å². The van der Waals surface area contributed by atoms with Gasteiger partial charge in [0.25, 0.3) is 0 Å². The molecule has 0 aromatic heterocycles. The van der Waals surface area contributed by atoms with Gasteiger partial charge in [-0.1, -0.05) is 44.5 Å². The molecule has 104 valence electrons. The van der Waals surface area contributed by atoms with E-state index in [1.807, 2.05) is 0 Å². The van der Waals surface area contributed by atoms with E-state index in [2.05, 4.69) is 38.1 Å². The standard InChI is InChI=1S/C18H27N/c1-17(2)9-5-7-14(12-17)16-8-4-3-6-15(16)13-18(19)10-11-18/h3-4,6,8,14H,5,7,9-13,19H2,1-2H3. The monoisotopic (exact) mass is 257 g/mol. The highest BCUT2D eigenvalue weighted by atomic mass is 14.8. The second-order valence-electron chi connectivity index (χ2n) is 7.70. The predicted octanol–water partition coefficient (Wildman–Crippen LogP) is 4.40. The Morgan fingerprint density at radius 1 is 1.16 bits per heavy atom. The zero-order chi connectivity index (χ0) is 13.5. The minimum absolute atomic E-state index is 0.125. The van der Waals surface area contributed by atoms with Gasteiger partial charge >= 0.3 is 0 Å². The van der Waals surface area contributed by atoms with Crippen LogP contribution in [0.5, 0.6) is 0 Å². The zero-order valence-corrected chi connectivity index (χ0v) is 12.4. The van der Waals surface area contributed by atoms with Crippen molar-refractivity contribution in [3.8, 4) is 0 Å². The van der Waals surface area contributed by atoms with Gasteiger partial charge in [0, 0.05) is 5.54 Å². The number of hydrogen-bond acceptors (Lipinski definition) is 1. The molecule has 0 saturated heterocycles. The maximum atomic E-state index is 6.33. The summed E-state index contributed by atoms with van der Waals surface area (Å²) in [5.41, 5.74) is 10.1. The van der Waals surface area contributed by atoms with E-state index >= 15 is 0 Å². The van der Waals surface area contributed by atoms with Crippen LogP contribution in [0.2, 0.25) is 0 Å². The number of rotatable bonds is 3. The molecule has 1 aromatic carbocycles. The van der Waals surface area contributed by atoms with Crippen molar-refractivity contribution < 1.29 is 0 Å². The maximum absolute atomic E-state index is 6.33. The molecule has 1 unspecified atom stereocenters. The molecular weight excluding hydrogens is 230 g/mol. The Morgan fingerprint density at radius 3 is 2.58 bits per heavy atom. The lowest BCUT2D eigenvalue weighted by Crippen LogP contribution is -2.26. The summed E-state index contributed by atoms with van der Waals surface area (Å²) in [7, 11) is 0. The van der Waals surface area contributed by atoms with Crippen LogP contribution in [-0.4, -0.2) is 5.54 Å². The molecule has 0 radical (unpaired) electrons. The van der Waals surface area contributed by atoms with Crippen LogP contribution in [0.25, 0.3) is 0 Å². The molecule has 2 saturated carbocycles. The van der Waals surface area contributed by atoms with Crippen molar-refractivity contribution in [3.05, 3.63) is 35.4 Å². The number of hydrogen-bond donors (Lipinski definition) is 1. The van der Waals surface area contributed by atoms with E-state index < -0.39 is 0 Å². The van der Waals surface area contributed by atoms with Gasteiger partial charge in [-0.25, -0.2) is 0 Å². The largest absolute Gasteiger partial charge is 0.325 e.